The van der Waals surface area contributed by atoms with Crippen LogP contribution in [0.5, 0.6) is 0 Å². The van der Waals surface area contributed by atoms with Crippen molar-refractivity contribution in [2.75, 3.05) is 25.7 Å². The fourth-order valence-corrected chi connectivity index (χ4v) is 11.9. The molecule has 3 heteroatoms. The molecular formula is C22H34FeP2+2. The van der Waals surface area contributed by atoms with Crippen molar-refractivity contribution in [2.24, 2.45) is 0 Å². The van der Waals surface area contributed by atoms with Crippen LogP contribution in [0.2, 0.25) is 0 Å². The molecule has 0 nitrogen and oxygen atoms in total. The molecule has 0 bridgehead atoms. The van der Waals surface area contributed by atoms with Crippen molar-refractivity contribution in [1.29, 1.82) is 0 Å². The van der Waals surface area contributed by atoms with E-state index in [4.69, 9.17) is 0 Å². The van der Waals surface area contributed by atoms with Gasteiger partial charge in [-0.15, -0.1) is 24.3 Å². The third-order valence-electron chi connectivity index (χ3n) is 6.90. The van der Waals surface area contributed by atoms with E-state index in [1.165, 1.54) is 38.0 Å². The maximum absolute atomic E-state index is 2.53. The Labute approximate surface area is 167 Å². The van der Waals surface area contributed by atoms with Crippen LogP contribution >= 0.6 is 14.5 Å². The SMILES string of the molecule is CC1CCC[P+]1(C)[c-]1cccc1.CC1CCC[P+]1(C)[c-]1cccc1.[Fe+2]. The molecule has 2 saturated heterocycles. The van der Waals surface area contributed by atoms with Gasteiger partial charge in [-0.05, 0) is 64.7 Å². The van der Waals surface area contributed by atoms with Crippen LogP contribution in [0.4, 0.5) is 0 Å². The molecule has 0 radical (unpaired) electrons. The molecule has 2 fully saturated rings. The quantitative estimate of drug-likeness (QED) is 0.334. The Morgan fingerprint density at radius 2 is 1.00 bits per heavy atom. The summed E-state index contributed by atoms with van der Waals surface area (Å²) in [5.41, 5.74) is 1.94. The van der Waals surface area contributed by atoms with Crippen LogP contribution in [0.25, 0.3) is 0 Å². The minimum atomic E-state index is -0.716. The molecule has 2 aromatic rings. The van der Waals surface area contributed by atoms with Crippen LogP contribution in [0.15, 0.2) is 48.5 Å². The molecular weight excluding hydrogens is 382 g/mol. The zero-order valence-corrected chi connectivity index (χ0v) is 19.2. The van der Waals surface area contributed by atoms with E-state index in [0.29, 0.717) is 0 Å². The molecule has 4 rings (SSSR count). The first-order valence-corrected chi connectivity index (χ1v) is 14.6. The van der Waals surface area contributed by atoms with Crippen molar-refractivity contribution >= 4 is 25.1 Å². The van der Waals surface area contributed by atoms with Gasteiger partial charge in [-0.25, -0.2) is 24.3 Å². The Bertz CT molecular complexity index is 562. The zero-order chi connectivity index (χ0) is 17.2. The summed E-state index contributed by atoms with van der Waals surface area (Å²) >= 11 is 0. The van der Waals surface area contributed by atoms with Crippen LogP contribution < -0.4 is 10.6 Å². The van der Waals surface area contributed by atoms with Gasteiger partial charge in [0.15, 0.2) is 0 Å². The Morgan fingerprint density at radius 3 is 1.24 bits per heavy atom. The van der Waals surface area contributed by atoms with E-state index in [2.05, 4.69) is 75.7 Å². The van der Waals surface area contributed by atoms with Crippen molar-refractivity contribution in [1.82, 2.24) is 0 Å². The molecule has 2 aliphatic heterocycles. The third kappa shape index (κ3) is 4.33. The molecule has 0 N–H and O–H groups in total. The van der Waals surface area contributed by atoms with Crippen molar-refractivity contribution in [3.05, 3.63) is 48.5 Å². The van der Waals surface area contributed by atoms with Crippen molar-refractivity contribution in [3.63, 3.8) is 0 Å². The second-order valence-electron chi connectivity index (χ2n) is 8.25. The average Bonchev–Trinajstić information content (AvgIpc) is 3.33. The van der Waals surface area contributed by atoms with Crippen LogP contribution in [0.3, 0.4) is 0 Å². The van der Waals surface area contributed by atoms with Gasteiger partial charge in [0.2, 0.25) is 0 Å². The largest absolute Gasteiger partial charge is 2.00 e. The van der Waals surface area contributed by atoms with Gasteiger partial charge >= 0.3 is 17.1 Å². The maximum atomic E-state index is 2.53. The summed E-state index contributed by atoms with van der Waals surface area (Å²) in [7, 11) is -1.43. The van der Waals surface area contributed by atoms with Gasteiger partial charge in [0, 0.05) is 13.3 Å². The Balaban J connectivity index is 0.000000173. The average molecular weight is 416 g/mol. The zero-order valence-electron chi connectivity index (χ0n) is 16.3. The molecule has 0 spiro atoms. The Hall–Kier alpha value is 0.0795. The van der Waals surface area contributed by atoms with Crippen molar-refractivity contribution in [2.45, 2.75) is 50.8 Å². The first kappa shape index (κ1) is 21.4. The molecule has 0 aromatic heterocycles. The van der Waals surface area contributed by atoms with Gasteiger partial charge in [-0.1, -0.05) is 0 Å². The molecule has 0 amide bonds. The normalized spacial score (nSPS) is 34.2. The number of hydrogen-bond acceptors (Lipinski definition) is 0. The Kier molecular flexibility index (Phi) is 7.56. The summed E-state index contributed by atoms with van der Waals surface area (Å²) in [4.78, 5) is 0. The predicted molar refractivity (Wildman–Crippen MR) is 116 cm³/mol. The van der Waals surface area contributed by atoms with Crippen LogP contribution in [-0.2, 0) is 17.1 Å². The van der Waals surface area contributed by atoms with Crippen LogP contribution in [0, 0.1) is 0 Å². The van der Waals surface area contributed by atoms with E-state index >= 15 is 0 Å². The molecule has 4 unspecified atom stereocenters. The summed E-state index contributed by atoms with van der Waals surface area (Å²) in [5.74, 6) is 0. The summed E-state index contributed by atoms with van der Waals surface area (Å²) in [6, 6.07) is 18.1. The van der Waals surface area contributed by atoms with Gasteiger partial charge in [-0.3, -0.25) is 0 Å². The number of hydrogen-bond donors (Lipinski definition) is 0. The smallest absolute Gasteiger partial charge is 0.210 e. The minimum absolute atomic E-state index is 0. The molecule has 2 aromatic carbocycles. The van der Waals surface area contributed by atoms with Gasteiger partial charge in [0.05, 0.1) is 23.6 Å². The predicted octanol–water partition coefficient (Wildman–Crippen LogP) is 5.72. The molecule has 138 valence electrons. The monoisotopic (exact) mass is 416 g/mol. The first-order chi connectivity index (χ1) is 11.5. The van der Waals surface area contributed by atoms with E-state index in [9.17, 15) is 0 Å². The van der Waals surface area contributed by atoms with Crippen LogP contribution in [-0.4, -0.2) is 37.0 Å². The third-order valence-corrected chi connectivity index (χ3v) is 16.8. The van der Waals surface area contributed by atoms with E-state index in [-0.39, 0.29) is 17.1 Å². The summed E-state index contributed by atoms with van der Waals surface area (Å²) in [5, 5.41) is 3.32. The fraction of sp³-hybridized carbons (Fsp3) is 0.545. The van der Waals surface area contributed by atoms with E-state index in [0.717, 1.165) is 11.3 Å². The molecule has 2 aliphatic rings. The molecule has 0 saturated carbocycles. The second-order valence-corrected chi connectivity index (χ2v) is 17.0. The van der Waals surface area contributed by atoms with E-state index < -0.39 is 14.5 Å². The van der Waals surface area contributed by atoms with E-state index in [1.54, 1.807) is 10.6 Å². The van der Waals surface area contributed by atoms with Crippen molar-refractivity contribution in [3.8, 4) is 0 Å². The standard InChI is InChI=1S/2C11H17P.Fe/c2*1-10-6-5-9-12(10,2)11-7-3-4-8-11;/h2*3-4,7-8,10H,5-6,9H2,1-2H3;/q;;+2. The second kappa shape index (κ2) is 8.85. The molecule has 0 aliphatic carbocycles. The van der Waals surface area contributed by atoms with Gasteiger partial charge in [0.1, 0.15) is 0 Å². The maximum Gasteiger partial charge on any atom is 2.00 e. The topological polar surface area (TPSA) is 0 Å². The minimum Gasteiger partial charge on any atom is -0.210 e. The summed E-state index contributed by atoms with van der Waals surface area (Å²) in [6.07, 6.45) is 8.79. The van der Waals surface area contributed by atoms with E-state index in [1.807, 2.05) is 0 Å². The van der Waals surface area contributed by atoms with Gasteiger partial charge in [0.25, 0.3) is 0 Å². The summed E-state index contributed by atoms with van der Waals surface area (Å²) < 4.78 is 0. The van der Waals surface area contributed by atoms with Gasteiger partial charge < -0.3 is 0 Å². The number of rotatable bonds is 2. The first-order valence-electron chi connectivity index (χ1n) is 9.62. The van der Waals surface area contributed by atoms with Crippen LogP contribution in [0.1, 0.15) is 39.5 Å². The molecule has 2 heterocycles. The summed E-state index contributed by atoms with van der Waals surface area (Å²) in [6.45, 7) is 9.93. The molecule has 4 atom stereocenters. The molecule has 25 heavy (non-hydrogen) atoms. The van der Waals surface area contributed by atoms with Gasteiger partial charge in [-0.2, -0.15) is 0 Å². The Morgan fingerprint density at radius 1 is 0.680 bits per heavy atom. The fourth-order valence-electron chi connectivity index (χ4n) is 4.62. The van der Waals surface area contributed by atoms with Crippen molar-refractivity contribution < 1.29 is 17.1 Å².